The predicted molar refractivity (Wildman–Crippen MR) is 84.2 cm³/mol. The molecule has 0 atom stereocenters. The third-order valence-corrected chi connectivity index (χ3v) is 4.89. The highest BCUT2D eigenvalue weighted by molar-refractivity contribution is 7.07. The smallest absolute Gasteiger partial charge is 0.270 e. The zero-order valence-electron chi connectivity index (χ0n) is 12.2. The first-order valence-electron chi connectivity index (χ1n) is 7.56. The van der Waals surface area contributed by atoms with Crippen LogP contribution in [0.4, 0.5) is 5.82 Å². The van der Waals surface area contributed by atoms with Gasteiger partial charge in [0.2, 0.25) is 0 Å². The van der Waals surface area contributed by atoms with Gasteiger partial charge in [-0.05, 0) is 30.9 Å². The van der Waals surface area contributed by atoms with Crippen LogP contribution in [-0.2, 0) is 12.8 Å². The number of carbonyl (C=O) groups is 1. The average molecular weight is 315 g/mol. The van der Waals surface area contributed by atoms with Gasteiger partial charge in [-0.1, -0.05) is 0 Å². The van der Waals surface area contributed by atoms with E-state index in [9.17, 15) is 4.79 Å². The summed E-state index contributed by atoms with van der Waals surface area (Å²) in [4.78, 5) is 18.1. The van der Waals surface area contributed by atoms with Gasteiger partial charge in [0.05, 0.1) is 11.2 Å². The van der Waals surface area contributed by atoms with E-state index in [0.717, 1.165) is 37.4 Å². The van der Waals surface area contributed by atoms with E-state index in [4.69, 9.17) is 0 Å². The molecule has 0 spiro atoms. The number of carbonyl (C=O) groups excluding carboxylic acids is 1. The molecule has 0 saturated carbocycles. The van der Waals surface area contributed by atoms with Gasteiger partial charge in [0.1, 0.15) is 5.69 Å². The fourth-order valence-electron chi connectivity index (χ4n) is 3.01. The van der Waals surface area contributed by atoms with Crippen molar-refractivity contribution in [2.24, 2.45) is 5.92 Å². The molecule has 1 amide bonds. The molecule has 1 aliphatic carbocycles. The molecule has 6 nitrogen and oxygen atoms in total. The number of aryl methyl sites for hydroxylation is 2. The van der Waals surface area contributed by atoms with Crippen LogP contribution >= 0.6 is 11.3 Å². The molecule has 1 N–H and O–H groups in total. The first-order valence-corrected chi connectivity index (χ1v) is 8.50. The summed E-state index contributed by atoms with van der Waals surface area (Å²) < 4.78 is 0. The molecule has 7 heteroatoms. The van der Waals surface area contributed by atoms with Crippen molar-refractivity contribution >= 4 is 23.1 Å². The van der Waals surface area contributed by atoms with Gasteiger partial charge in [-0.15, -0.1) is 16.4 Å². The van der Waals surface area contributed by atoms with Crippen molar-refractivity contribution in [2.75, 3.05) is 24.5 Å². The molecular formula is C15H17N5OS. The summed E-state index contributed by atoms with van der Waals surface area (Å²) >= 11 is 1.43. The van der Waals surface area contributed by atoms with Gasteiger partial charge in [0.15, 0.2) is 5.82 Å². The Morgan fingerprint density at radius 3 is 3.09 bits per heavy atom. The molecule has 1 fully saturated rings. The Morgan fingerprint density at radius 1 is 1.36 bits per heavy atom. The van der Waals surface area contributed by atoms with Crippen LogP contribution in [0.5, 0.6) is 0 Å². The maximum Gasteiger partial charge on any atom is 0.270 e. The van der Waals surface area contributed by atoms with Gasteiger partial charge in [-0.25, -0.2) is 4.98 Å². The van der Waals surface area contributed by atoms with E-state index in [1.165, 1.54) is 23.3 Å². The minimum atomic E-state index is -0.0861. The normalized spacial score (nSPS) is 17.2. The highest BCUT2D eigenvalue weighted by atomic mass is 32.1. The maximum atomic E-state index is 11.8. The summed E-state index contributed by atoms with van der Waals surface area (Å²) in [5, 5.41) is 13.4. The van der Waals surface area contributed by atoms with Gasteiger partial charge in [-0.2, -0.15) is 5.10 Å². The zero-order chi connectivity index (χ0) is 14.9. The fraction of sp³-hybridized carbons (Fsp3) is 0.467. The van der Waals surface area contributed by atoms with Gasteiger partial charge >= 0.3 is 0 Å². The quantitative estimate of drug-likeness (QED) is 0.920. The molecule has 2 aliphatic rings. The van der Waals surface area contributed by atoms with Crippen LogP contribution in [0.15, 0.2) is 17.0 Å². The minimum absolute atomic E-state index is 0.0861. The first-order chi connectivity index (χ1) is 10.8. The second-order valence-corrected chi connectivity index (χ2v) is 6.60. The number of nitrogens with one attached hydrogen (secondary N) is 1. The summed E-state index contributed by atoms with van der Waals surface area (Å²) in [6.07, 6.45) is 3.38. The van der Waals surface area contributed by atoms with Crippen molar-refractivity contribution in [1.29, 1.82) is 0 Å². The zero-order valence-corrected chi connectivity index (χ0v) is 13.0. The van der Waals surface area contributed by atoms with Crippen LogP contribution in [0.25, 0.3) is 0 Å². The molecule has 22 heavy (non-hydrogen) atoms. The van der Waals surface area contributed by atoms with Crippen LogP contribution in [-0.4, -0.2) is 40.7 Å². The number of hydrogen-bond donors (Lipinski definition) is 1. The summed E-state index contributed by atoms with van der Waals surface area (Å²) in [6.45, 7) is 2.53. The Bertz CT molecular complexity index is 681. The Labute approximate surface area is 132 Å². The molecule has 1 aliphatic heterocycles. The lowest BCUT2D eigenvalue weighted by Crippen LogP contribution is -2.52. The standard InChI is InChI=1S/C15H17N5OS/c21-15(13-8-22-9-17-13)16-5-10-6-20(7-10)14-4-11-2-1-3-12(11)18-19-14/h4,8-10H,1-3,5-7H2,(H,16,21). The molecule has 0 radical (unpaired) electrons. The van der Waals surface area contributed by atoms with E-state index in [-0.39, 0.29) is 5.91 Å². The predicted octanol–water partition coefficient (Wildman–Crippen LogP) is 1.29. The van der Waals surface area contributed by atoms with Crippen molar-refractivity contribution in [3.63, 3.8) is 0 Å². The molecule has 0 aromatic carbocycles. The number of nitrogens with zero attached hydrogens (tertiary/aromatic N) is 4. The van der Waals surface area contributed by atoms with E-state index in [2.05, 4.69) is 31.5 Å². The average Bonchev–Trinajstić information content (AvgIpc) is 3.16. The first kappa shape index (κ1) is 13.6. The van der Waals surface area contributed by atoms with E-state index in [0.29, 0.717) is 18.2 Å². The SMILES string of the molecule is O=C(NCC1CN(c2cc3c(nn2)CCC3)C1)c1cscn1. The number of rotatable bonds is 4. The third-order valence-electron chi connectivity index (χ3n) is 4.30. The van der Waals surface area contributed by atoms with Gasteiger partial charge < -0.3 is 10.2 Å². The molecule has 2 aromatic rings. The number of amides is 1. The van der Waals surface area contributed by atoms with Crippen molar-refractivity contribution in [2.45, 2.75) is 19.3 Å². The number of hydrogen-bond acceptors (Lipinski definition) is 6. The van der Waals surface area contributed by atoms with Crippen molar-refractivity contribution in [1.82, 2.24) is 20.5 Å². The summed E-state index contributed by atoms with van der Waals surface area (Å²) in [5.41, 5.74) is 4.69. The highest BCUT2D eigenvalue weighted by Crippen LogP contribution is 2.26. The van der Waals surface area contributed by atoms with Crippen molar-refractivity contribution in [3.05, 3.63) is 33.9 Å². The van der Waals surface area contributed by atoms with Gasteiger partial charge in [0, 0.05) is 30.9 Å². The molecule has 114 valence electrons. The lowest BCUT2D eigenvalue weighted by Gasteiger charge is -2.40. The monoisotopic (exact) mass is 315 g/mol. The summed E-state index contributed by atoms with van der Waals surface area (Å²) in [6, 6.07) is 2.18. The maximum absolute atomic E-state index is 11.8. The molecule has 1 saturated heterocycles. The number of anilines is 1. The summed E-state index contributed by atoms with van der Waals surface area (Å²) in [5.74, 6) is 1.36. The van der Waals surface area contributed by atoms with E-state index >= 15 is 0 Å². The molecule has 2 aromatic heterocycles. The Hall–Kier alpha value is -2.02. The van der Waals surface area contributed by atoms with Crippen LogP contribution in [0.2, 0.25) is 0 Å². The molecule has 3 heterocycles. The second kappa shape index (κ2) is 5.64. The van der Waals surface area contributed by atoms with Crippen LogP contribution in [0.3, 0.4) is 0 Å². The van der Waals surface area contributed by atoms with Crippen LogP contribution < -0.4 is 10.2 Å². The topological polar surface area (TPSA) is 71.0 Å². The van der Waals surface area contributed by atoms with Crippen molar-refractivity contribution < 1.29 is 4.79 Å². The molecule has 4 rings (SSSR count). The highest BCUT2D eigenvalue weighted by Gasteiger charge is 2.29. The van der Waals surface area contributed by atoms with E-state index < -0.39 is 0 Å². The largest absolute Gasteiger partial charge is 0.354 e. The number of thiazole rings is 1. The van der Waals surface area contributed by atoms with Crippen LogP contribution in [0, 0.1) is 5.92 Å². The molecule has 0 bridgehead atoms. The fourth-order valence-corrected chi connectivity index (χ4v) is 3.54. The number of fused-ring (bicyclic) bond motifs is 1. The second-order valence-electron chi connectivity index (χ2n) is 5.88. The molecular weight excluding hydrogens is 298 g/mol. The third kappa shape index (κ3) is 2.56. The van der Waals surface area contributed by atoms with Crippen LogP contribution in [0.1, 0.15) is 28.2 Å². The summed E-state index contributed by atoms with van der Waals surface area (Å²) in [7, 11) is 0. The van der Waals surface area contributed by atoms with Gasteiger partial charge in [-0.3, -0.25) is 4.79 Å². The molecule has 0 unspecified atom stereocenters. The Morgan fingerprint density at radius 2 is 2.27 bits per heavy atom. The number of aromatic nitrogens is 3. The van der Waals surface area contributed by atoms with E-state index in [1.807, 2.05) is 0 Å². The Kier molecular flexibility index (Phi) is 3.49. The Balaban J connectivity index is 1.28. The lowest BCUT2D eigenvalue weighted by atomic mass is 10.00. The van der Waals surface area contributed by atoms with Crippen molar-refractivity contribution in [3.8, 4) is 0 Å². The van der Waals surface area contributed by atoms with Gasteiger partial charge in [0.25, 0.3) is 5.91 Å². The lowest BCUT2D eigenvalue weighted by molar-refractivity contribution is 0.0940. The van der Waals surface area contributed by atoms with E-state index in [1.54, 1.807) is 10.9 Å². The minimum Gasteiger partial charge on any atom is -0.354 e.